The maximum Gasteiger partial charge on any atom is 0.318 e. The van der Waals surface area contributed by atoms with Crippen LogP contribution in [0.1, 0.15) is 50.6 Å². The third-order valence-corrected chi connectivity index (χ3v) is 4.48. The lowest BCUT2D eigenvalue weighted by Crippen LogP contribution is -2.33. The van der Waals surface area contributed by atoms with Crippen LogP contribution in [0.2, 0.25) is 0 Å². The molecule has 1 atom stereocenters. The Bertz CT molecular complexity index is 678. The Labute approximate surface area is 148 Å². The summed E-state index contributed by atoms with van der Waals surface area (Å²) >= 11 is 0. The molecule has 2 heterocycles. The number of carbonyl (C=O) groups is 1. The Morgan fingerprint density at radius 1 is 1.16 bits per heavy atom. The van der Waals surface area contributed by atoms with Crippen LogP contribution in [0.25, 0.3) is 0 Å². The summed E-state index contributed by atoms with van der Waals surface area (Å²) in [5, 5.41) is 11.5. The van der Waals surface area contributed by atoms with Gasteiger partial charge >= 0.3 is 6.01 Å². The molecule has 1 amide bonds. The molecular formula is C19H26N4O2. The summed E-state index contributed by atoms with van der Waals surface area (Å²) in [6.45, 7) is 5.65. The summed E-state index contributed by atoms with van der Waals surface area (Å²) in [5.74, 6) is 0.361. The summed E-state index contributed by atoms with van der Waals surface area (Å²) in [6.07, 6.45) is 4.17. The number of nitrogens with zero attached hydrogens (tertiary/aromatic N) is 3. The molecule has 0 aliphatic carbocycles. The zero-order chi connectivity index (χ0) is 17.6. The van der Waals surface area contributed by atoms with E-state index in [0.717, 1.165) is 31.5 Å². The van der Waals surface area contributed by atoms with Gasteiger partial charge in [0, 0.05) is 25.4 Å². The van der Waals surface area contributed by atoms with E-state index in [-0.39, 0.29) is 17.9 Å². The number of nitrogens with one attached hydrogen (secondary N) is 1. The monoisotopic (exact) mass is 342 g/mol. The molecule has 1 aromatic carbocycles. The van der Waals surface area contributed by atoms with Crippen LogP contribution in [0.5, 0.6) is 0 Å². The van der Waals surface area contributed by atoms with Gasteiger partial charge in [0.2, 0.25) is 11.8 Å². The zero-order valence-electron chi connectivity index (χ0n) is 14.9. The van der Waals surface area contributed by atoms with Gasteiger partial charge in [0.05, 0.1) is 0 Å². The average molecular weight is 342 g/mol. The molecule has 0 saturated carbocycles. The molecule has 1 aliphatic rings. The highest BCUT2D eigenvalue weighted by Gasteiger charge is 2.24. The number of aromatic nitrogens is 2. The molecule has 0 unspecified atom stereocenters. The highest BCUT2D eigenvalue weighted by molar-refractivity contribution is 5.78. The van der Waals surface area contributed by atoms with E-state index in [4.69, 9.17) is 4.42 Å². The minimum Gasteiger partial charge on any atom is -0.406 e. The summed E-state index contributed by atoms with van der Waals surface area (Å²) < 4.78 is 5.93. The van der Waals surface area contributed by atoms with Gasteiger partial charge in [-0.15, -0.1) is 5.10 Å². The lowest BCUT2D eigenvalue weighted by atomic mass is 10.0. The second kappa shape index (κ2) is 8.14. The molecular weight excluding hydrogens is 316 g/mol. The fourth-order valence-corrected chi connectivity index (χ4v) is 2.97. The summed E-state index contributed by atoms with van der Waals surface area (Å²) in [7, 11) is 0. The van der Waals surface area contributed by atoms with Crippen molar-refractivity contribution in [1.29, 1.82) is 0 Å². The van der Waals surface area contributed by atoms with Crippen LogP contribution in [0, 0.1) is 5.92 Å². The number of amides is 1. The molecule has 1 N–H and O–H groups in total. The van der Waals surface area contributed by atoms with Crippen molar-refractivity contribution in [3.05, 3.63) is 41.8 Å². The first-order valence-electron chi connectivity index (χ1n) is 9.06. The van der Waals surface area contributed by atoms with Crippen molar-refractivity contribution in [3.63, 3.8) is 0 Å². The van der Waals surface area contributed by atoms with Gasteiger partial charge in [-0.3, -0.25) is 4.79 Å². The number of hydrogen-bond donors (Lipinski definition) is 1. The molecule has 1 fully saturated rings. The van der Waals surface area contributed by atoms with Crippen molar-refractivity contribution in [2.45, 2.75) is 45.6 Å². The molecule has 1 saturated heterocycles. The van der Waals surface area contributed by atoms with Crippen LogP contribution in [-0.4, -0.2) is 29.2 Å². The maximum absolute atomic E-state index is 12.2. The summed E-state index contributed by atoms with van der Waals surface area (Å²) in [5.41, 5.74) is 1.12. The van der Waals surface area contributed by atoms with Crippen molar-refractivity contribution < 1.29 is 9.21 Å². The minimum absolute atomic E-state index is 0.0151. The third kappa shape index (κ3) is 4.59. The average Bonchev–Trinajstić information content (AvgIpc) is 3.13. The van der Waals surface area contributed by atoms with E-state index in [1.165, 1.54) is 6.42 Å². The smallest absolute Gasteiger partial charge is 0.318 e. The maximum atomic E-state index is 12.2. The van der Waals surface area contributed by atoms with Crippen molar-refractivity contribution in [2.24, 2.45) is 5.92 Å². The predicted molar refractivity (Wildman–Crippen MR) is 96.2 cm³/mol. The third-order valence-electron chi connectivity index (χ3n) is 4.48. The number of anilines is 1. The van der Waals surface area contributed by atoms with Gasteiger partial charge in [0.15, 0.2) is 0 Å². The normalized spacial score (nSPS) is 16.0. The molecule has 1 aliphatic heterocycles. The first-order chi connectivity index (χ1) is 12.1. The van der Waals surface area contributed by atoms with Gasteiger partial charge < -0.3 is 14.6 Å². The second-order valence-electron chi connectivity index (χ2n) is 6.88. The Hall–Kier alpha value is -2.37. The topological polar surface area (TPSA) is 71.3 Å². The van der Waals surface area contributed by atoms with E-state index in [0.29, 0.717) is 18.3 Å². The van der Waals surface area contributed by atoms with Crippen molar-refractivity contribution in [2.75, 3.05) is 18.0 Å². The summed E-state index contributed by atoms with van der Waals surface area (Å²) in [4.78, 5) is 14.3. The lowest BCUT2D eigenvalue weighted by Gasteiger charge is -2.24. The molecule has 2 aromatic rings. The summed E-state index contributed by atoms with van der Waals surface area (Å²) in [6, 6.07) is 10.3. The van der Waals surface area contributed by atoms with Gasteiger partial charge in [-0.1, -0.05) is 49.3 Å². The van der Waals surface area contributed by atoms with E-state index in [2.05, 4.69) is 20.4 Å². The van der Waals surface area contributed by atoms with Crippen LogP contribution in [-0.2, 0) is 11.2 Å². The van der Waals surface area contributed by atoms with Crippen molar-refractivity contribution in [3.8, 4) is 0 Å². The van der Waals surface area contributed by atoms with E-state index < -0.39 is 0 Å². The minimum atomic E-state index is -0.316. The zero-order valence-corrected chi connectivity index (χ0v) is 14.9. The SMILES string of the molecule is CC(C)C(=O)N[C@@H](Cc1ccccc1)c1nnc(N2CCCCC2)o1. The first-order valence-corrected chi connectivity index (χ1v) is 9.06. The molecule has 0 spiro atoms. The number of piperidine rings is 1. The molecule has 0 radical (unpaired) electrons. The molecule has 134 valence electrons. The quantitative estimate of drug-likeness (QED) is 0.873. The van der Waals surface area contributed by atoms with Crippen LogP contribution >= 0.6 is 0 Å². The highest BCUT2D eigenvalue weighted by Crippen LogP contribution is 2.23. The molecule has 6 nitrogen and oxygen atoms in total. The molecule has 0 bridgehead atoms. The van der Waals surface area contributed by atoms with Crippen LogP contribution in [0.3, 0.4) is 0 Å². The van der Waals surface area contributed by atoms with E-state index in [9.17, 15) is 4.79 Å². The Morgan fingerprint density at radius 2 is 1.88 bits per heavy atom. The van der Waals surface area contributed by atoms with Gasteiger partial charge in [-0.05, 0) is 24.8 Å². The van der Waals surface area contributed by atoms with Crippen molar-refractivity contribution in [1.82, 2.24) is 15.5 Å². The molecule has 1 aromatic heterocycles. The highest BCUT2D eigenvalue weighted by atomic mass is 16.4. The van der Waals surface area contributed by atoms with Crippen LogP contribution < -0.4 is 10.2 Å². The number of carbonyl (C=O) groups excluding carboxylic acids is 1. The lowest BCUT2D eigenvalue weighted by molar-refractivity contribution is -0.124. The standard InChI is InChI=1S/C19H26N4O2/c1-14(2)17(24)20-16(13-15-9-5-3-6-10-15)18-21-22-19(25-18)23-11-7-4-8-12-23/h3,5-6,9-10,14,16H,4,7-8,11-13H2,1-2H3,(H,20,24)/t16-/m0/s1. The van der Waals surface area contributed by atoms with E-state index in [1.807, 2.05) is 44.2 Å². The number of benzene rings is 1. The largest absolute Gasteiger partial charge is 0.406 e. The fourth-order valence-electron chi connectivity index (χ4n) is 2.97. The first kappa shape index (κ1) is 17.5. The Balaban J connectivity index is 1.78. The van der Waals surface area contributed by atoms with Gasteiger partial charge in [-0.25, -0.2) is 0 Å². The number of rotatable bonds is 6. The fraction of sp³-hybridized carbons (Fsp3) is 0.526. The van der Waals surface area contributed by atoms with Crippen LogP contribution in [0.4, 0.5) is 6.01 Å². The van der Waals surface area contributed by atoms with E-state index in [1.54, 1.807) is 0 Å². The molecule has 25 heavy (non-hydrogen) atoms. The molecule has 6 heteroatoms. The van der Waals surface area contributed by atoms with Gasteiger partial charge in [0.25, 0.3) is 0 Å². The number of hydrogen-bond acceptors (Lipinski definition) is 5. The Kier molecular flexibility index (Phi) is 5.68. The van der Waals surface area contributed by atoms with Gasteiger partial charge in [-0.2, -0.15) is 0 Å². The Morgan fingerprint density at radius 3 is 2.56 bits per heavy atom. The van der Waals surface area contributed by atoms with Crippen molar-refractivity contribution >= 4 is 11.9 Å². The van der Waals surface area contributed by atoms with Gasteiger partial charge in [0.1, 0.15) is 6.04 Å². The second-order valence-corrected chi connectivity index (χ2v) is 6.88. The predicted octanol–water partition coefficient (Wildman–Crippen LogP) is 3.12. The van der Waals surface area contributed by atoms with Crippen LogP contribution in [0.15, 0.2) is 34.7 Å². The molecule has 3 rings (SSSR count). The van der Waals surface area contributed by atoms with E-state index >= 15 is 0 Å².